The van der Waals surface area contributed by atoms with Crippen LogP contribution in [0.15, 0.2) is 23.2 Å². The number of hydrogen-bond acceptors (Lipinski definition) is 3. The van der Waals surface area contributed by atoms with Gasteiger partial charge in [0.1, 0.15) is 0 Å². The molecule has 3 N–H and O–H groups in total. The number of hydrogen-bond donors (Lipinski definition) is 3. The molecule has 25 heavy (non-hydrogen) atoms. The highest BCUT2D eigenvalue weighted by Gasteiger charge is 2.21. The number of nitrogens with one attached hydrogen (secondary N) is 2. The van der Waals surface area contributed by atoms with Crippen molar-refractivity contribution < 1.29 is 9.50 Å². The first-order chi connectivity index (χ1) is 11.5. The van der Waals surface area contributed by atoms with E-state index >= 15 is 0 Å². The molecule has 0 unspecified atom stereocenters. The Hall–Kier alpha value is -1.09. The predicted octanol–water partition coefficient (Wildman–Crippen LogP) is 3.08. The molecular formula is C18H30FIN4O. The zero-order chi connectivity index (χ0) is 17.5. The molecule has 1 saturated heterocycles. The van der Waals surface area contributed by atoms with E-state index in [9.17, 15) is 9.50 Å². The van der Waals surface area contributed by atoms with E-state index in [0.717, 1.165) is 44.0 Å². The minimum atomic E-state index is -0.610. The summed E-state index contributed by atoms with van der Waals surface area (Å²) >= 11 is 0. The highest BCUT2D eigenvalue weighted by Crippen LogP contribution is 2.17. The fraction of sp³-hybridized carbons (Fsp3) is 0.611. The number of guanidine groups is 1. The maximum absolute atomic E-state index is 13.4. The Bertz CT molecular complexity index is 560. The molecule has 5 nitrogen and oxygen atoms in total. The van der Waals surface area contributed by atoms with E-state index < -0.39 is 5.82 Å². The summed E-state index contributed by atoms with van der Waals surface area (Å²) in [7, 11) is 0. The molecule has 1 aromatic rings. The van der Waals surface area contributed by atoms with Crippen LogP contribution >= 0.6 is 24.0 Å². The van der Waals surface area contributed by atoms with Crippen LogP contribution in [-0.2, 0) is 6.54 Å². The van der Waals surface area contributed by atoms with Crippen molar-refractivity contribution in [1.82, 2.24) is 15.5 Å². The van der Waals surface area contributed by atoms with Crippen molar-refractivity contribution >= 4 is 29.9 Å². The minimum absolute atomic E-state index is 0. The average Bonchev–Trinajstić information content (AvgIpc) is 2.56. The van der Waals surface area contributed by atoms with Crippen molar-refractivity contribution in [2.45, 2.75) is 52.2 Å². The van der Waals surface area contributed by atoms with Gasteiger partial charge in [-0.25, -0.2) is 9.38 Å². The number of halogens is 2. The Morgan fingerprint density at radius 2 is 2.04 bits per heavy atom. The Kier molecular flexibility index (Phi) is 9.48. The van der Waals surface area contributed by atoms with Crippen LogP contribution in [-0.4, -0.2) is 47.7 Å². The zero-order valence-electron chi connectivity index (χ0n) is 15.3. The van der Waals surface area contributed by atoms with Crippen LogP contribution in [0.3, 0.4) is 0 Å². The first-order valence-electron chi connectivity index (χ1n) is 8.76. The topological polar surface area (TPSA) is 59.9 Å². The summed E-state index contributed by atoms with van der Waals surface area (Å²) in [5.74, 6) is -0.180. The molecule has 1 heterocycles. The van der Waals surface area contributed by atoms with E-state index in [1.807, 2.05) is 6.92 Å². The SMILES string of the molecule is CCNC(=NCc1ccc(O)c(F)c1)NC1CCN(C(C)C)CC1.I. The number of rotatable bonds is 5. The molecule has 2 rings (SSSR count). The van der Waals surface area contributed by atoms with Crippen LogP contribution in [0.2, 0.25) is 0 Å². The Morgan fingerprint density at radius 1 is 1.36 bits per heavy atom. The fourth-order valence-corrected chi connectivity index (χ4v) is 2.89. The maximum Gasteiger partial charge on any atom is 0.191 e. The van der Waals surface area contributed by atoms with Gasteiger partial charge < -0.3 is 20.6 Å². The first-order valence-corrected chi connectivity index (χ1v) is 8.76. The molecule has 0 amide bonds. The second kappa shape index (κ2) is 10.8. The molecule has 0 aliphatic carbocycles. The van der Waals surface area contributed by atoms with Gasteiger partial charge in [0, 0.05) is 31.7 Å². The second-order valence-electron chi connectivity index (χ2n) is 6.53. The van der Waals surface area contributed by atoms with Gasteiger partial charge in [-0.3, -0.25) is 0 Å². The number of benzene rings is 1. The fourth-order valence-electron chi connectivity index (χ4n) is 2.89. The summed E-state index contributed by atoms with van der Waals surface area (Å²) < 4.78 is 13.4. The second-order valence-corrected chi connectivity index (χ2v) is 6.53. The molecule has 0 spiro atoms. The average molecular weight is 464 g/mol. The number of aromatic hydroxyl groups is 1. The minimum Gasteiger partial charge on any atom is -0.505 e. The van der Waals surface area contributed by atoms with Crippen LogP contribution in [0.5, 0.6) is 5.75 Å². The molecule has 142 valence electrons. The lowest BCUT2D eigenvalue weighted by Gasteiger charge is -2.35. The van der Waals surface area contributed by atoms with Crippen molar-refractivity contribution in [3.8, 4) is 5.75 Å². The Balaban J connectivity index is 0.00000312. The lowest BCUT2D eigenvalue weighted by molar-refractivity contribution is 0.167. The smallest absolute Gasteiger partial charge is 0.191 e. The summed E-state index contributed by atoms with van der Waals surface area (Å²) in [5, 5.41) is 16.0. The molecule has 0 bridgehead atoms. The lowest BCUT2D eigenvalue weighted by Crippen LogP contribution is -2.49. The molecule has 1 aliphatic rings. The van der Waals surface area contributed by atoms with Crippen molar-refractivity contribution in [2.75, 3.05) is 19.6 Å². The normalized spacial score (nSPS) is 16.6. The van der Waals surface area contributed by atoms with Gasteiger partial charge in [0.05, 0.1) is 6.54 Å². The summed E-state index contributed by atoms with van der Waals surface area (Å²) in [6.45, 7) is 9.83. The maximum atomic E-state index is 13.4. The standard InChI is InChI=1S/C18H29FN4O.HI/c1-4-20-18(21-12-14-5-6-17(24)16(19)11-14)22-15-7-9-23(10-8-15)13(2)3;/h5-6,11,13,15,24H,4,7-10,12H2,1-3H3,(H2,20,21,22);1H. The Morgan fingerprint density at radius 3 is 2.60 bits per heavy atom. The molecule has 7 heteroatoms. The number of nitrogens with zero attached hydrogens (tertiary/aromatic N) is 2. The van der Waals surface area contributed by atoms with Gasteiger partial charge in [-0.05, 0) is 51.3 Å². The quantitative estimate of drug-likeness (QED) is 0.356. The number of aliphatic imine (C=N–C) groups is 1. The van der Waals surface area contributed by atoms with E-state index in [1.165, 1.54) is 12.1 Å². The van der Waals surface area contributed by atoms with Crippen molar-refractivity contribution in [1.29, 1.82) is 0 Å². The van der Waals surface area contributed by atoms with E-state index in [2.05, 4.69) is 34.4 Å². The van der Waals surface area contributed by atoms with Crippen LogP contribution in [0.4, 0.5) is 4.39 Å². The van der Waals surface area contributed by atoms with Crippen molar-refractivity contribution in [3.63, 3.8) is 0 Å². The van der Waals surface area contributed by atoms with E-state index in [4.69, 9.17) is 0 Å². The molecule has 0 aromatic heterocycles. The van der Waals surface area contributed by atoms with Crippen LogP contribution in [0, 0.1) is 5.82 Å². The molecule has 1 fully saturated rings. The Labute approximate surface area is 167 Å². The van der Waals surface area contributed by atoms with Gasteiger partial charge in [-0.2, -0.15) is 0 Å². The summed E-state index contributed by atoms with van der Waals surface area (Å²) in [6, 6.07) is 5.38. The highest BCUT2D eigenvalue weighted by molar-refractivity contribution is 14.0. The molecule has 0 saturated carbocycles. The van der Waals surface area contributed by atoms with Gasteiger partial charge in [-0.15, -0.1) is 24.0 Å². The summed E-state index contributed by atoms with van der Waals surface area (Å²) in [4.78, 5) is 7.02. The number of phenols is 1. The van der Waals surface area contributed by atoms with Gasteiger partial charge in [0.15, 0.2) is 17.5 Å². The third-order valence-corrected chi connectivity index (χ3v) is 4.38. The van der Waals surface area contributed by atoms with Gasteiger partial charge in [0.25, 0.3) is 0 Å². The van der Waals surface area contributed by atoms with Crippen LogP contribution in [0.25, 0.3) is 0 Å². The van der Waals surface area contributed by atoms with Crippen LogP contribution < -0.4 is 10.6 Å². The molecule has 1 aliphatic heterocycles. The molecule has 0 atom stereocenters. The van der Waals surface area contributed by atoms with Gasteiger partial charge in [-0.1, -0.05) is 6.07 Å². The monoisotopic (exact) mass is 464 g/mol. The largest absolute Gasteiger partial charge is 0.505 e. The third kappa shape index (κ3) is 6.97. The predicted molar refractivity (Wildman–Crippen MR) is 111 cm³/mol. The summed E-state index contributed by atoms with van der Waals surface area (Å²) in [6.07, 6.45) is 2.19. The lowest BCUT2D eigenvalue weighted by atomic mass is 10.0. The van der Waals surface area contributed by atoms with E-state index in [0.29, 0.717) is 18.6 Å². The van der Waals surface area contributed by atoms with Crippen LogP contribution in [0.1, 0.15) is 39.2 Å². The number of phenolic OH excluding ortho intramolecular Hbond substituents is 1. The van der Waals surface area contributed by atoms with Crippen molar-refractivity contribution in [3.05, 3.63) is 29.6 Å². The highest BCUT2D eigenvalue weighted by atomic mass is 127. The number of likely N-dealkylation sites (tertiary alicyclic amines) is 1. The zero-order valence-corrected chi connectivity index (χ0v) is 17.6. The molecule has 1 aromatic carbocycles. The molecule has 0 radical (unpaired) electrons. The van der Waals surface area contributed by atoms with E-state index in [-0.39, 0.29) is 29.7 Å². The first kappa shape index (κ1) is 22.0. The summed E-state index contributed by atoms with van der Waals surface area (Å²) in [5.41, 5.74) is 0.733. The van der Waals surface area contributed by atoms with Gasteiger partial charge >= 0.3 is 0 Å². The molecular weight excluding hydrogens is 434 g/mol. The van der Waals surface area contributed by atoms with Gasteiger partial charge in [0.2, 0.25) is 0 Å². The van der Waals surface area contributed by atoms with Crippen molar-refractivity contribution in [2.24, 2.45) is 4.99 Å². The van der Waals surface area contributed by atoms with E-state index in [1.54, 1.807) is 6.07 Å². The number of piperidine rings is 1. The third-order valence-electron chi connectivity index (χ3n) is 4.38.